The molecule has 90 valence electrons. The number of carbonyl (C=O) groups excluding carboxylic acids is 1. The van der Waals surface area contributed by atoms with Crippen LogP contribution in [0.25, 0.3) is 0 Å². The SMILES string of the molecule is Cc1cc(NC=C2CCCCC2=O)ccc1Br. The van der Waals surface area contributed by atoms with Gasteiger partial charge >= 0.3 is 0 Å². The summed E-state index contributed by atoms with van der Waals surface area (Å²) in [5.74, 6) is 0.289. The Hall–Kier alpha value is -1.09. The number of rotatable bonds is 2. The highest BCUT2D eigenvalue weighted by molar-refractivity contribution is 9.10. The summed E-state index contributed by atoms with van der Waals surface area (Å²) < 4.78 is 1.10. The first-order valence-electron chi connectivity index (χ1n) is 5.92. The van der Waals surface area contributed by atoms with Gasteiger partial charge in [0, 0.05) is 28.4 Å². The fraction of sp³-hybridized carbons (Fsp3) is 0.357. The van der Waals surface area contributed by atoms with E-state index in [0.29, 0.717) is 6.42 Å². The van der Waals surface area contributed by atoms with Gasteiger partial charge in [0.05, 0.1) is 0 Å². The Morgan fingerprint density at radius 3 is 2.76 bits per heavy atom. The van der Waals surface area contributed by atoms with Crippen molar-refractivity contribution >= 4 is 27.4 Å². The first-order chi connectivity index (χ1) is 8.16. The zero-order chi connectivity index (χ0) is 12.3. The second-order valence-corrected chi connectivity index (χ2v) is 5.26. The Labute approximate surface area is 110 Å². The maximum Gasteiger partial charge on any atom is 0.160 e. The van der Waals surface area contributed by atoms with Crippen molar-refractivity contribution in [3.05, 3.63) is 40.0 Å². The Bertz CT molecular complexity index is 465. The van der Waals surface area contributed by atoms with Gasteiger partial charge in [0.25, 0.3) is 0 Å². The molecule has 0 bridgehead atoms. The summed E-state index contributed by atoms with van der Waals surface area (Å²) in [6.45, 7) is 2.05. The van der Waals surface area contributed by atoms with E-state index in [2.05, 4.69) is 27.3 Å². The molecule has 2 nitrogen and oxygen atoms in total. The molecule has 1 aliphatic carbocycles. The molecule has 1 aromatic rings. The van der Waals surface area contributed by atoms with E-state index in [1.165, 1.54) is 5.56 Å². The highest BCUT2D eigenvalue weighted by atomic mass is 79.9. The molecule has 0 aliphatic heterocycles. The largest absolute Gasteiger partial charge is 0.361 e. The van der Waals surface area contributed by atoms with Crippen LogP contribution in [0.1, 0.15) is 31.2 Å². The molecule has 0 amide bonds. The van der Waals surface area contributed by atoms with Crippen molar-refractivity contribution in [2.45, 2.75) is 32.6 Å². The fourth-order valence-electron chi connectivity index (χ4n) is 1.96. The number of allylic oxidation sites excluding steroid dienone is 1. The predicted molar refractivity (Wildman–Crippen MR) is 74.1 cm³/mol. The fourth-order valence-corrected chi connectivity index (χ4v) is 2.21. The standard InChI is InChI=1S/C14H16BrNO/c1-10-8-12(6-7-13(10)15)16-9-11-4-2-3-5-14(11)17/h6-9,16H,2-5H2,1H3. The van der Waals surface area contributed by atoms with E-state index in [1.807, 2.05) is 25.3 Å². The van der Waals surface area contributed by atoms with Crippen LogP contribution >= 0.6 is 15.9 Å². The van der Waals surface area contributed by atoms with Gasteiger partial charge < -0.3 is 5.32 Å². The van der Waals surface area contributed by atoms with Crippen molar-refractivity contribution in [2.24, 2.45) is 0 Å². The lowest BCUT2D eigenvalue weighted by Gasteiger charge is -2.13. The molecule has 0 saturated heterocycles. The van der Waals surface area contributed by atoms with Crippen LogP contribution in [-0.4, -0.2) is 5.78 Å². The first-order valence-corrected chi connectivity index (χ1v) is 6.71. The Balaban J connectivity index is 2.08. The van der Waals surface area contributed by atoms with Gasteiger partial charge in [-0.25, -0.2) is 0 Å². The summed E-state index contributed by atoms with van der Waals surface area (Å²) in [6, 6.07) is 6.08. The average molecular weight is 294 g/mol. The second-order valence-electron chi connectivity index (χ2n) is 4.41. The highest BCUT2D eigenvalue weighted by Gasteiger charge is 2.14. The molecule has 3 heteroatoms. The summed E-state index contributed by atoms with van der Waals surface area (Å²) >= 11 is 3.47. The van der Waals surface area contributed by atoms with E-state index in [4.69, 9.17) is 0 Å². The number of hydrogen-bond donors (Lipinski definition) is 1. The lowest BCUT2D eigenvalue weighted by Crippen LogP contribution is -2.09. The van der Waals surface area contributed by atoms with Crippen LogP contribution in [-0.2, 0) is 4.79 Å². The predicted octanol–water partition coefficient (Wildman–Crippen LogP) is 4.20. The summed E-state index contributed by atoms with van der Waals surface area (Å²) in [5, 5.41) is 3.21. The van der Waals surface area contributed by atoms with Gasteiger partial charge in [-0.05, 0) is 49.9 Å². The number of nitrogens with one attached hydrogen (secondary N) is 1. The second kappa shape index (κ2) is 5.50. The number of ketones is 1. The highest BCUT2D eigenvalue weighted by Crippen LogP contribution is 2.22. The third-order valence-corrected chi connectivity index (χ3v) is 3.92. The van der Waals surface area contributed by atoms with E-state index in [0.717, 1.165) is 35.0 Å². The number of anilines is 1. The molecule has 0 radical (unpaired) electrons. The van der Waals surface area contributed by atoms with Crippen molar-refractivity contribution in [1.29, 1.82) is 0 Å². The topological polar surface area (TPSA) is 29.1 Å². The number of carbonyl (C=O) groups is 1. The minimum Gasteiger partial charge on any atom is -0.361 e. The number of hydrogen-bond acceptors (Lipinski definition) is 2. The van der Waals surface area contributed by atoms with E-state index >= 15 is 0 Å². The molecule has 0 spiro atoms. The lowest BCUT2D eigenvalue weighted by molar-refractivity contribution is -0.116. The van der Waals surface area contributed by atoms with Gasteiger partial charge in [-0.15, -0.1) is 0 Å². The molecule has 1 fully saturated rings. The van der Waals surface area contributed by atoms with Gasteiger partial charge in [0.2, 0.25) is 0 Å². The molecule has 2 rings (SSSR count). The maximum atomic E-state index is 11.6. The number of Topliss-reactive ketones (excluding diaryl/α,β-unsaturated/α-hetero) is 1. The average Bonchev–Trinajstić information content (AvgIpc) is 2.32. The molecule has 1 N–H and O–H groups in total. The zero-order valence-electron chi connectivity index (χ0n) is 9.92. The quantitative estimate of drug-likeness (QED) is 0.828. The van der Waals surface area contributed by atoms with E-state index in [-0.39, 0.29) is 5.78 Å². The Kier molecular flexibility index (Phi) is 4.00. The van der Waals surface area contributed by atoms with Crippen LogP contribution in [0.5, 0.6) is 0 Å². The molecule has 1 saturated carbocycles. The molecule has 1 aromatic carbocycles. The smallest absolute Gasteiger partial charge is 0.160 e. The normalized spacial score (nSPS) is 18.5. The molecular weight excluding hydrogens is 278 g/mol. The molecular formula is C14H16BrNO. The van der Waals surface area contributed by atoms with Crippen LogP contribution in [0.2, 0.25) is 0 Å². The van der Waals surface area contributed by atoms with Crippen molar-refractivity contribution in [3.63, 3.8) is 0 Å². The third kappa shape index (κ3) is 3.19. The molecule has 0 unspecified atom stereocenters. The molecule has 0 heterocycles. The van der Waals surface area contributed by atoms with Crippen molar-refractivity contribution in [3.8, 4) is 0 Å². The molecule has 0 atom stereocenters. The minimum absolute atomic E-state index is 0.289. The number of halogens is 1. The van der Waals surface area contributed by atoms with E-state index in [1.54, 1.807) is 0 Å². The monoisotopic (exact) mass is 293 g/mol. The third-order valence-electron chi connectivity index (χ3n) is 3.03. The Morgan fingerprint density at radius 2 is 2.06 bits per heavy atom. The molecule has 1 aliphatic rings. The lowest BCUT2D eigenvalue weighted by atomic mass is 9.94. The van der Waals surface area contributed by atoms with Gasteiger partial charge in [0.15, 0.2) is 5.78 Å². The van der Waals surface area contributed by atoms with Crippen molar-refractivity contribution in [2.75, 3.05) is 5.32 Å². The van der Waals surface area contributed by atoms with Crippen LogP contribution < -0.4 is 5.32 Å². The minimum atomic E-state index is 0.289. The van der Waals surface area contributed by atoms with Crippen molar-refractivity contribution in [1.82, 2.24) is 0 Å². The van der Waals surface area contributed by atoms with Crippen LogP contribution in [0.4, 0.5) is 5.69 Å². The molecule has 0 aromatic heterocycles. The Morgan fingerprint density at radius 1 is 1.29 bits per heavy atom. The zero-order valence-corrected chi connectivity index (χ0v) is 11.5. The van der Waals surface area contributed by atoms with Gasteiger partial charge in [-0.1, -0.05) is 15.9 Å². The van der Waals surface area contributed by atoms with Crippen molar-refractivity contribution < 1.29 is 4.79 Å². The van der Waals surface area contributed by atoms with Gasteiger partial charge in [-0.2, -0.15) is 0 Å². The van der Waals surface area contributed by atoms with E-state index < -0.39 is 0 Å². The van der Waals surface area contributed by atoms with Crippen LogP contribution in [0.15, 0.2) is 34.4 Å². The number of aryl methyl sites for hydroxylation is 1. The summed E-state index contributed by atoms with van der Waals surface area (Å²) in [6.07, 6.45) is 5.63. The summed E-state index contributed by atoms with van der Waals surface area (Å²) in [5.41, 5.74) is 3.14. The maximum absolute atomic E-state index is 11.6. The van der Waals surface area contributed by atoms with Gasteiger partial charge in [0.1, 0.15) is 0 Å². The van der Waals surface area contributed by atoms with E-state index in [9.17, 15) is 4.79 Å². The van der Waals surface area contributed by atoms with Crippen LogP contribution in [0, 0.1) is 6.92 Å². The van der Waals surface area contributed by atoms with Gasteiger partial charge in [-0.3, -0.25) is 4.79 Å². The number of benzene rings is 1. The summed E-state index contributed by atoms with van der Waals surface area (Å²) in [7, 11) is 0. The first kappa shape index (κ1) is 12.4. The molecule has 17 heavy (non-hydrogen) atoms. The van der Waals surface area contributed by atoms with Crippen LogP contribution in [0.3, 0.4) is 0 Å². The summed E-state index contributed by atoms with van der Waals surface area (Å²) in [4.78, 5) is 11.6.